The van der Waals surface area contributed by atoms with Gasteiger partial charge < -0.3 is 10.6 Å². The molecule has 2 N–H and O–H groups in total. The Labute approximate surface area is 187 Å². The van der Waals surface area contributed by atoms with Crippen molar-refractivity contribution >= 4 is 63.5 Å². The zero-order chi connectivity index (χ0) is 21.3. The monoisotopic (exact) mass is 460 g/mol. The first-order valence-electron chi connectivity index (χ1n) is 9.40. The Morgan fingerprint density at radius 1 is 1.20 bits per heavy atom. The van der Waals surface area contributed by atoms with Crippen LogP contribution in [0.25, 0.3) is 10.9 Å². The smallest absolute Gasteiger partial charge is 0.252 e. The summed E-state index contributed by atoms with van der Waals surface area (Å²) in [6.07, 6.45) is 3.43. The number of carbonyl (C=O) groups is 2. The highest BCUT2D eigenvalue weighted by molar-refractivity contribution is 8.00. The van der Waals surface area contributed by atoms with E-state index in [-0.39, 0.29) is 28.7 Å². The molecule has 4 rings (SSSR count). The molecule has 0 saturated heterocycles. The van der Waals surface area contributed by atoms with E-state index in [4.69, 9.17) is 23.2 Å². The highest BCUT2D eigenvalue weighted by Crippen LogP contribution is 2.29. The molecule has 30 heavy (non-hydrogen) atoms. The van der Waals surface area contributed by atoms with Crippen LogP contribution in [-0.2, 0) is 4.79 Å². The number of aromatic nitrogens is 2. The van der Waals surface area contributed by atoms with E-state index in [0.29, 0.717) is 21.1 Å². The minimum absolute atomic E-state index is 0.118. The van der Waals surface area contributed by atoms with Gasteiger partial charge in [0.1, 0.15) is 0 Å². The van der Waals surface area contributed by atoms with Crippen LogP contribution >= 0.6 is 35.0 Å². The summed E-state index contributed by atoms with van der Waals surface area (Å²) in [5.41, 5.74) is 1.27. The van der Waals surface area contributed by atoms with Crippen LogP contribution in [0.2, 0.25) is 10.0 Å². The molecule has 9 heteroatoms. The number of hydrogen-bond acceptors (Lipinski definition) is 5. The Balaban J connectivity index is 1.55. The van der Waals surface area contributed by atoms with E-state index in [2.05, 4.69) is 20.6 Å². The van der Waals surface area contributed by atoms with Crippen LogP contribution < -0.4 is 10.6 Å². The number of halogens is 2. The molecule has 1 aliphatic carbocycles. The second-order valence-corrected chi connectivity index (χ2v) is 9.21. The molecule has 2 heterocycles. The van der Waals surface area contributed by atoms with Gasteiger partial charge in [0, 0.05) is 17.6 Å². The molecule has 0 radical (unpaired) electrons. The summed E-state index contributed by atoms with van der Waals surface area (Å²) in [7, 11) is 0. The van der Waals surface area contributed by atoms with Gasteiger partial charge in [-0.05, 0) is 38.0 Å². The number of para-hydroxylation sites is 1. The molecular weight excluding hydrogens is 443 g/mol. The number of amides is 2. The number of nitrogens with zero attached hydrogens (tertiary/aromatic N) is 2. The Morgan fingerprint density at radius 2 is 1.97 bits per heavy atom. The molecule has 3 aromatic rings. The molecule has 154 valence electrons. The lowest BCUT2D eigenvalue weighted by Crippen LogP contribution is -2.26. The Bertz CT molecular complexity index is 1140. The van der Waals surface area contributed by atoms with Crippen molar-refractivity contribution in [3.05, 3.63) is 58.2 Å². The molecule has 1 aliphatic rings. The van der Waals surface area contributed by atoms with Gasteiger partial charge in [-0.2, -0.15) is 0 Å². The van der Waals surface area contributed by atoms with Gasteiger partial charge in [0.25, 0.3) is 5.91 Å². The molecule has 2 amide bonds. The lowest BCUT2D eigenvalue weighted by molar-refractivity contribution is -0.115. The number of fused-ring (bicyclic) bond motifs is 1. The molecule has 6 nitrogen and oxygen atoms in total. The number of pyridine rings is 2. The summed E-state index contributed by atoms with van der Waals surface area (Å²) in [5, 5.41) is 7.25. The fourth-order valence-electron chi connectivity index (χ4n) is 2.85. The van der Waals surface area contributed by atoms with Crippen LogP contribution in [0.1, 0.15) is 30.1 Å². The van der Waals surface area contributed by atoms with Crippen molar-refractivity contribution in [3.63, 3.8) is 0 Å². The topological polar surface area (TPSA) is 84.0 Å². The number of benzene rings is 1. The van der Waals surface area contributed by atoms with Gasteiger partial charge >= 0.3 is 0 Å². The SMILES string of the molecule is CC(Sc1cc(C(=O)NC2CC2)c2ccccc2n1)C(=O)Nc1ncc(Cl)cc1Cl. The number of thioether (sulfide) groups is 1. The molecule has 1 unspecified atom stereocenters. The van der Waals surface area contributed by atoms with Crippen molar-refractivity contribution in [1.29, 1.82) is 0 Å². The van der Waals surface area contributed by atoms with Crippen LogP contribution in [-0.4, -0.2) is 33.1 Å². The lowest BCUT2D eigenvalue weighted by atomic mass is 10.1. The summed E-state index contributed by atoms with van der Waals surface area (Å²) >= 11 is 13.2. The highest BCUT2D eigenvalue weighted by atomic mass is 35.5. The van der Waals surface area contributed by atoms with Crippen molar-refractivity contribution in [3.8, 4) is 0 Å². The molecule has 0 aliphatic heterocycles. The first kappa shape index (κ1) is 20.9. The zero-order valence-corrected chi connectivity index (χ0v) is 18.3. The molecule has 0 bridgehead atoms. The predicted molar refractivity (Wildman–Crippen MR) is 120 cm³/mol. The van der Waals surface area contributed by atoms with Gasteiger partial charge in [-0.3, -0.25) is 9.59 Å². The van der Waals surface area contributed by atoms with Crippen molar-refractivity contribution < 1.29 is 9.59 Å². The number of hydrogen-bond donors (Lipinski definition) is 2. The first-order chi connectivity index (χ1) is 14.4. The van der Waals surface area contributed by atoms with E-state index in [9.17, 15) is 9.59 Å². The maximum atomic E-state index is 12.7. The summed E-state index contributed by atoms with van der Waals surface area (Å²) < 4.78 is 0. The first-order valence-corrected chi connectivity index (χ1v) is 11.0. The normalized spacial score (nSPS) is 14.4. The Hall–Kier alpha value is -2.35. The van der Waals surface area contributed by atoms with Crippen LogP contribution in [0, 0.1) is 0 Å². The maximum Gasteiger partial charge on any atom is 0.252 e. The summed E-state index contributed by atoms with van der Waals surface area (Å²) in [6.45, 7) is 1.75. The molecular formula is C21H18Cl2N4O2S. The largest absolute Gasteiger partial charge is 0.349 e. The van der Waals surface area contributed by atoms with Crippen molar-refractivity contribution in [2.45, 2.75) is 36.1 Å². The third-order valence-electron chi connectivity index (χ3n) is 4.57. The van der Waals surface area contributed by atoms with E-state index < -0.39 is 5.25 Å². The van der Waals surface area contributed by atoms with E-state index in [1.54, 1.807) is 13.0 Å². The molecule has 1 aromatic carbocycles. The quantitative estimate of drug-likeness (QED) is 0.508. The van der Waals surface area contributed by atoms with Gasteiger partial charge in [0.05, 0.1) is 31.4 Å². The van der Waals surface area contributed by atoms with Gasteiger partial charge in [-0.25, -0.2) is 9.97 Å². The third kappa shape index (κ3) is 4.86. The van der Waals surface area contributed by atoms with Crippen LogP contribution in [0.5, 0.6) is 0 Å². The standard InChI is InChI=1S/C21H18Cl2N4O2S/c1-11(20(28)27-19-16(23)8-12(22)10-24-19)30-18-9-15(21(29)25-13-6-7-13)14-4-2-3-5-17(14)26-18/h2-5,8-11,13H,6-7H2,1H3,(H,25,29)(H,24,27,28). The van der Waals surface area contributed by atoms with Crippen LogP contribution in [0.3, 0.4) is 0 Å². The minimum Gasteiger partial charge on any atom is -0.349 e. The lowest BCUT2D eigenvalue weighted by Gasteiger charge is -2.14. The van der Waals surface area contributed by atoms with Crippen molar-refractivity contribution in [1.82, 2.24) is 15.3 Å². The minimum atomic E-state index is -0.494. The van der Waals surface area contributed by atoms with E-state index in [1.165, 1.54) is 24.0 Å². The van der Waals surface area contributed by atoms with Crippen molar-refractivity contribution in [2.24, 2.45) is 0 Å². The average Bonchev–Trinajstić information content (AvgIpc) is 3.53. The number of anilines is 1. The molecule has 0 spiro atoms. The molecule has 1 atom stereocenters. The maximum absolute atomic E-state index is 12.7. The number of carbonyl (C=O) groups excluding carboxylic acids is 2. The predicted octanol–water partition coefficient (Wildman–Crippen LogP) is 4.95. The Kier molecular flexibility index (Phi) is 6.13. The third-order valence-corrected chi connectivity index (χ3v) is 6.08. The van der Waals surface area contributed by atoms with Gasteiger partial charge in [-0.1, -0.05) is 53.2 Å². The summed E-state index contributed by atoms with van der Waals surface area (Å²) in [5.74, 6) is -0.155. The van der Waals surface area contributed by atoms with Gasteiger partial charge in [-0.15, -0.1) is 0 Å². The molecule has 1 fully saturated rings. The fourth-order valence-corrected chi connectivity index (χ4v) is 4.14. The molecule has 1 saturated carbocycles. The van der Waals surface area contributed by atoms with Crippen LogP contribution in [0.15, 0.2) is 47.6 Å². The fraction of sp³-hybridized carbons (Fsp3) is 0.238. The van der Waals surface area contributed by atoms with E-state index in [1.807, 2.05) is 24.3 Å². The summed E-state index contributed by atoms with van der Waals surface area (Å²) in [4.78, 5) is 34.0. The second-order valence-electron chi connectivity index (χ2n) is 7.01. The number of rotatable bonds is 6. The van der Waals surface area contributed by atoms with Gasteiger partial charge in [0.2, 0.25) is 5.91 Å². The number of nitrogens with one attached hydrogen (secondary N) is 2. The van der Waals surface area contributed by atoms with E-state index >= 15 is 0 Å². The highest BCUT2D eigenvalue weighted by Gasteiger charge is 2.25. The van der Waals surface area contributed by atoms with Gasteiger partial charge in [0.15, 0.2) is 5.82 Å². The zero-order valence-electron chi connectivity index (χ0n) is 16.0. The Morgan fingerprint density at radius 3 is 2.70 bits per heavy atom. The van der Waals surface area contributed by atoms with Crippen LogP contribution in [0.4, 0.5) is 5.82 Å². The summed E-state index contributed by atoms with van der Waals surface area (Å²) in [6, 6.07) is 11.0. The second kappa shape index (κ2) is 8.79. The average molecular weight is 461 g/mol. The van der Waals surface area contributed by atoms with Crippen molar-refractivity contribution in [2.75, 3.05) is 5.32 Å². The molecule has 2 aromatic heterocycles. The van der Waals surface area contributed by atoms with E-state index in [0.717, 1.165) is 18.2 Å².